The minimum atomic E-state index is -5.51. The van der Waals surface area contributed by atoms with Crippen molar-refractivity contribution in [3.05, 3.63) is 65.1 Å². The van der Waals surface area contributed by atoms with Crippen LogP contribution in [-0.2, 0) is 10.0 Å². The number of halogens is 5. The monoisotopic (exact) mass is 515 g/mol. The molecule has 0 radical (unpaired) electrons. The van der Waals surface area contributed by atoms with Crippen molar-refractivity contribution in [2.75, 3.05) is 13.1 Å². The number of amides is 1. The number of carbonyl (C=O) groups excluding carboxylic acids is 1. The molecule has 2 aromatic carbocycles. The first-order valence-electron chi connectivity index (χ1n) is 10.2. The molecule has 1 saturated heterocycles. The second-order valence-corrected chi connectivity index (χ2v) is 9.97. The number of hydrogen-bond acceptors (Lipinski definition) is 4. The van der Waals surface area contributed by atoms with Crippen LogP contribution in [0, 0.1) is 5.82 Å². The highest BCUT2D eigenvalue weighted by molar-refractivity contribution is 7.90. The van der Waals surface area contributed by atoms with E-state index in [-0.39, 0.29) is 17.1 Å². The molecule has 34 heavy (non-hydrogen) atoms. The largest absolute Gasteiger partial charge is 0.511 e. The van der Waals surface area contributed by atoms with Crippen molar-refractivity contribution in [3.63, 3.8) is 0 Å². The topological polar surface area (TPSA) is 79.4 Å². The van der Waals surface area contributed by atoms with Crippen LogP contribution in [0.3, 0.4) is 0 Å². The first-order valence-corrected chi connectivity index (χ1v) is 12.0. The fourth-order valence-electron chi connectivity index (χ4n) is 3.98. The summed E-state index contributed by atoms with van der Waals surface area (Å²) in [5, 5.41) is 0.666. The number of aromatic nitrogens is 1. The lowest BCUT2D eigenvalue weighted by atomic mass is 10.00. The highest BCUT2D eigenvalue weighted by Crippen LogP contribution is 2.32. The van der Waals surface area contributed by atoms with Gasteiger partial charge in [-0.05, 0) is 54.8 Å². The van der Waals surface area contributed by atoms with E-state index in [0.717, 1.165) is 0 Å². The van der Waals surface area contributed by atoms with Gasteiger partial charge in [0.1, 0.15) is 5.82 Å². The van der Waals surface area contributed by atoms with Gasteiger partial charge in [0.15, 0.2) is 0 Å². The molecule has 4 rings (SSSR count). The quantitative estimate of drug-likeness (QED) is 0.498. The number of alkyl halides is 3. The average Bonchev–Trinajstić information content (AvgIpc) is 3.24. The zero-order chi connectivity index (χ0) is 24.7. The Hall–Kier alpha value is -2.76. The molecule has 1 fully saturated rings. The normalized spacial score (nSPS) is 16.9. The van der Waals surface area contributed by atoms with E-state index >= 15 is 0 Å². The Morgan fingerprint density at radius 2 is 1.94 bits per heavy atom. The number of nitrogens with zero attached hydrogens (tertiary/aromatic N) is 2. The second kappa shape index (κ2) is 9.12. The van der Waals surface area contributed by atoms with Gasteiger partial charge in [-0.15, -0.1) is 0 Å². The number of sulfonamides is 1. The van der Waals surface area contributed by atoms with Crippen LogP contribution >= 0.6 is 11.6 Å². The third-order valence-electron chi connectivity index (χ3n) is 5.67. The van der Waals surface area contributed by atoms with Gasteiger partial charge in [-0.3, -0.25) is 9.78 Å². The first kappa shape index (κ1) is 24.4. The number of likely N-dealkylation sites (tertiary alicyclic amines) is 1. The molecule has 0 saturated carbocycles. The number of hydrogen-bond donors (Lipinski definition) is 1. The standard InChI is InChI=1S/C22H18ClF4N3O3S/c23-19-11-14(24)4-5-16(19)13-3-6-20-18(10-13)17(7-8-28-20)21(31)30-9-1-2-15(30)12-29-34(32,33)22(25,26)27/h3-8,10-11,15,29H,1-2,9,12H2/t15-/m0/s1. The molecule has 1 N–H and O–H groups in total. The Kier molecular flexibility index (Phi) is 6.54. The summed E-state index contributed by atoms with van der Waals surface area (Å²) in [6, 6.07) is 9.81. The van der Waals surface area contributed by atoms with Crippen LogP contribution in [0.4, 0.5) is 17.6 Å². The number of nitrogens with one attached hydrogen (secondary N) is 1. The average molecular weight is 516 g/mol. The molecular formula is C22H18ClF4N3O3S. The maximum atomic E-state index is 13.4. The highest BCUT2D eigenvalue weighted by atomic mass is 35.5. The summed E-state index contributed by atoms with van der Waals surface area (Å²) in [7, 11) is -5.51. The molecule has 12 heteroatoms. The van der Waals surface area contributed by atoms with E-state index in [0.29, 0.717) is 34.9 Å². The summed E-state index contributed by atoms with van der Waals surface area (Å²) >= 11 is 6.18. The molecular weight excluding hydrogens is 498 g/mol. The SMILES string of the molecule is O=C(c1ccnc2ccc(-c3ccc(F)cc3Cl)cc12)N1CCC[C@H]1CNS(=O)(=O)C(F)(F)F. The lowest BCUT2D eigenvalue weighted by Gasteiger charge is -2.25. The molecule has 180 valence electrons. The summed E-state index contributed by atoms with van der Waals surface area (Å²) in [5.41, 5.74) is -3.50. The molecule has 2 heterocycles. The molecule has 1 amide bonds. The first-order chi connectivity index (χ1) is 16.0. The van der Waals surface area contributed by atoms with Crippen molar-refractivity contribution in [2.45, 2.75) is 24.4 Å². The Balaban J connectivity index is 1.65. The minimum Gasteiger partial charge on any atom is -0.334 e. The number of fused-ring (bicyclic) bond motifs is 1. The van der Waals surface area contributed by atoms with Crippen molar-refractivity contribution < 1.29 is 30.8 Å². The fraction of sp³-hybridized carbons (Fsp3) is 0.273. The Morgan fingerprint density at radius 3 is 2.65 bits per heavy atom. The van der Waals surface area contributed by atoms with Crippen LogP contribution < -0.4 is 4.72 Å². The van der Waals surface area contributed by atoms with E-state index in [1.165, 1.54) is 35.4 Å². The molecule has 1 atom stereocenters. The van der Waals surface area contributed by atoms with E-state index in [1.54, 1.807) is 22.9 Å². The molecule has 0 bridgehead atoms. The third-order valence-corrected chi connectivity index (χ3v) is 7.13. The van der Waals surface area contributed by atoms with Crippen LogP contribution in [0.25, 0.3) is 22.0 Å². The van der Waals surface area contributed by atoms with Crippen molar-refractivity contribution in [3.8, 4) is 11.1 Å². The number of pyridine rings is 1. The zero-order valence-electron chi connectivity index (χ0n) is 17.4. The van der Waals surface area contributed by atoms with Gasteiger partial charge < -0.3 is 4.90 Å². The number of benzene rings is 2. The summed E-state index contributed by atoms with van der Waals surface area (Å²) in [6.07, 6.45) is 2.31. The van der Waals surface area contributed by atoms with Crippen LogP contribution in [0.15, 0.2) is 48.7 Å². The highest BCUT2D eigenvalue weighted by Gasteiger charge is 2.46. The van der Waals surface area contributed by atoms with Crippen molar-refractivity contribution in [2.24, 2.45) is 0 Å². The molecule has 3 aromatic rings. The van der Waals surface area contributed by atoms with Gasteiger partial charge in [0.25, 0.3) is 5.91 Å². The molecule has 1 aliphatic rings. The maximum absolute atomic E-state index is 13.4. The molecule has 0 unspecified atom stereocenters. The van der Waals surface area contributed by atoms with Crippen LogP contribution in [0.5, 0.6) is 0 Å². The minimum absolute atomic E-state index is 0.188. The lowest BCUT2D eigenvalue weighted by molar-refractivity contribution is -0.0448. The van der Waals surface area contributed by atoms with E-state index in [4.69, 9.17) is 11.6 Å². The van der Waals surface area contributed by atoms with Crippen LogP contribution in [0.2, 0.25) is 5.02 Å². The van der Waals surface area contributed by atoms with Crippen molar-refractivity contribution in [1.29, 1.82) is 0 Å². The predicted molar refractivity (Wildman–Crippen MR) is 119 cm³/mol. The molecule has 1 aliphatic heterocycles. The summed E-state index contributed by atoms with van der Waals surface area (Å²) in [6.45, 7) is -0.280. The maximum Gasteiger partial charge on any atom is 0.511 e. The van der Waals surface area contributed by atoms with Crippen molar-refractivity contribution >= 4 is 38.4 Å². The fourth-order valence-corrected chi connectivity index (χ4v) is 4.83. The Bertz CT molecular complexity index is 1370. The van der Waals surface area contributed by atoms with Gasteiger partial charge in [-0.1, -0.05) is 17.7 Å². The summed E-state index contributed by atoms with van der Waals surface area (Å²) < 4.78 is 75.7. The van der Waals surface area contributed by atoms with Gasteiger partial charge in [-0.2, -0.15) is 13.2 Å². The van der Waals surface area contributed by atoms with Gasteiger partial charge in [0, 0.05) is 36.3 Å². The second-order valence-electron chi connectivity index (χ2n) is 7.81. The predicted octanol–water partition coefficient (Wildman–Crippen LogP) is 4.74. The van der Waals surface area contributed by atoms with E-state index in [1.807, 2.05) is 0 Å². The third kappa shape index (κ3) is 4.73. The molecule has 0 aliphatic carbocycles. The van der Waals surface area contributed by atoms with E-state index in [2.05, 4.69) is 4.98 Å². The number of carbonyl (C=O) groups is 1. The van der Waals surface area contributed by atoms with Gasteiger partial charge in [0.2, 0.25) is 0 Å². The van der Waals surface area contributed by atoms with E-state index < -0.39 is 39.8 Å². The molecule has 0 spiro atoms. The molecule has 6 nitrogen and oxygen atoms in total. The lowest BCUT2D eigenvalue weighted by Crippen LogP contribution is -2.46. The van der Waals surface area contributed by atoms with E-state index in [9.17, 15) is 30.8 Å². The van der Waals surface area contributed by atoms with Gasteiger partial charge in [0.05, 0.1) is 16.1 Å². The Morgan fingerprint density at radius 1 is 1.18 bits per heavy atom. The number of rotatable bonds is 5. The van der Waals surface area contributed by atoms with Crippen molar-refractivity contribution in [1.82, 2.24) is 14.6 Å². The summed E-state index contributed by atoms with van der Waals surface area (Å²) in [5.74, 6) is -0.947. The smallest absolute Gasteiger partial charge is 0.334 e. The van der Waals surface area contributed by atoms with Crippen LogP contribution in [0.1, 0.15) is 23.2 Å². The zero-order valence-corrected chi connectivity index (χ0v) is 19.0. The molecule has 1 aromatic heterocycles. The Labute approximate surface area is 197 Å². The van der Waals surface area contributed by atoms with Gasteiger partial charge >= 0.3 is 15.5 Å². The van der Waals surface area contributed by atoms with Gasteiger partial charge in [-0.25, -0.2) is 17.5 Å². The summed E-state index contributed by atoms with van der Waals surface area (Å²) in [4.78, 5) is 19.0. The van der Waals surface area contributed by atoms with Crippen LogP contribution in [-0.4, -0.2) is 48.8 Å².